The standard InChI is InChI=1S/C10H18O5.Al.3H/c1-5-13-9(12)10(8(4)11,14-6-2)15-7-3;;;;/h5-7H2,1-4H3;;;;. The van der Waals surface area contributed by atoms with Gasteiger partial charge in [0.25, 0.3) is 0 Å². The number of ether oxygens (including phenoxy) is 3. The Morgan fingerprint density at radius 1 is 1.00 bits per heavy atom. The van der Waals surface area contributed by atoms with Crippen molar-refractivity contribution in [3.8, 4) is 0 Å². The topological polar surface area (TPSA) is 61.8 Å². The molecule has 0 aromatic rings. The molecule has 0 radical (unpaired) electrons. The highest BCUT2D eigenvalue weighted by atomic mass is 27.0. The fourth-order valence-electron chi connectivity index (χ4n) is 1.14. The van der Waals surface area contributed by atoms with Crippen LogP contribution < -0.4 is 0 Å². The Labute approximate surface area is 107 Å². The fourth-order valence-corrected chi connectivity index (χ4v) is 1.14. The van der Waals surface area contributed by atoms with Crippen LogP contribution in [-0.2, 0) is 23.8 Å². The second kappa shape index (κ2) is 8.71. The molecule has 0 spiro atoms. The summed E-state index contributed by atoms with van der Waals surface area (Å²) in [5, 5.41) is 0. The molecule has 0 aromatic carbocycles. The van der Waals surface area contributed by atoms with E-state index < -0.39 is 17.5 Å². The third-order valence-electron chi connectivity index (χ3n) is 1.70. The second-order valence-electron chi connectivity index (χ2n) is 2.76. The predicted octanol–water partition coefficient (Wildman–Crippen LogP) is -0.276. The largest absolute Gasteiger partial charge is 0.462 e. The van der Waals surface area contributed by atoms with E-state index in [2.05, 4.69) is 0 Å². The minimum Gasteiger partial charge on any atom is -0.462 e. The summed E-state index contributed by atoms with van der Waals surface area (Å²) in [7, 11) is 0. The van der Waals surface area contributed by atoms with Gasteiger partial charge in [0.1, 0.15) is 0 Å². The van der Waals surface area contributed by atoms with Gasteiger partial charge >= 0.3 is 11.8 Å². The molecule has 0 heterocycles. The average Bonchev–Trinajstić information content (AvgIpc) is 2.17. The van der Waals surface area contributed by atoms with Gasteiger partial charge in [-0.3, -0.25) is 4.79 Å². The lowest BCUT2D eigenvalue weighted by atomic mass is 10.2. The van der Waals surface area contributed by atoms with Crippen molar-refractivity contribution in [3.63, 3.8) is 0 Å². The first-order valence-corrected chi connectivity index (χ1v) is 5.01. The van der Waals surface area contributed by atoms with Crippen molar-refractivity contribution in [3.05, 3.63) is 0 Å². The van der Waals surface area contributed by atoms with E-state index in [1.165, 1.54) is 6.92 Å². The first-order chi connectivity index (χ1) is 7.05. The number of ketones is 1. The lowest BCUT2D eigenvalue weighted by Crippen LogP contribution is -2.51. The summed E-state index contributed by atoms with van der Waals surface area (Å²) < 4.78 is 15.0. The minimum atomic E-state index is -1.89. The zero-order valence-corrected chi connectivity index (χ0v) is 9.66. The molecule has 5 nitrogen and oxygen atoms in total. The Balaban J connectivity index is 0. The summed E-state index contributed by atoms with van der Waals surface area (Å²) in [6, 6.07) is 0. The van der Waals surface area contributed by atoms with Gasteiger partial charge in [0.05, 0.1) is 6.61 Å². The Morgan fingerprint density at radius 3 is 1.69 bits per heavy atom. The van der Waals surface area contributed by atoms with Crippen molar-refractivity contribution >= 4 is 29.1 Å². The second-order valence-corrected chi connectivity index (χ2v) is 2.76. The number of Topliss-reactive ketones (excluding diaryl/α,β-unsaturated/α-hetero) is 1. The van der Waals surface area contributed by atoms with Gasteiger partial charge in [-0.15, -0.1) is 0 Å². The molecule has 0 aliphatic heterocycles. The van der Waals surface area contributed by atoms with Gasteiger partial charge in [-0.25, -0.2) is 4.79 Å². The fraction of sp³-hybridized carbons (Fsp3) is 0.800. The maximum Gasteiger partial charge on any atom is 0.375 e. The summed E-state index contributed by atoms with van der Waals surface area (Å²) in [4.78, 5) is 23.0. The molecule has 94 valence electrons. The number of carbonyl (C=O) groups is 2. The van der Waals surface area contributed by atoms with Crippen molar-refractivity contribution in [1.82, 2.24) is 0 Å². The first kappa shape index (κ1) is 18.0. The summed E-state index contributed by atoms with van der Waals surface area (Å²) in [5.41, 5.74) is 0. The Morgan fingerprint density at radius 2 is 1.44 bits per heavy atom. The van der Waals surface area contributed by atoms with Crippen molar-refractivity contribution in [1.29, 1.82) is 0 Å². The number of rotatable bonds is 7. The van der Waals surface area contributed by atoms with E-state index in [9.17, 15) is 9.59 Å². The lowest BCUT2D eigenvalue weighted by molar-refractivity contribution is -0.236. The molecule has 0 saturated carbocycles. The Bertz CT molecular complexity index is 223. The van der Waals surface area contributed by atoms with Gasteiger partial charge in [0, 0.05) is 20.1 Å². The molecule has 0 bridgehead atoms. The van der Waals surface area contributed by atoms with Crippen molar-refractivity contribution in [2.24, 2.45) is 0 Å². The van der Waals surface area contributed by atoms with Crippen LogP contribution in [0.4, 0.5) is 0 Å². The van der Waals surface area contributed by atoms with Crippen LogP contribution in [0, 0.1) is 0 Å². The van der Waals surface area contributed by atoms with E-state index in [-0.39, 0.29) is 37.2 Å². The third-order valence-corrected chi connectivity index (χ3v) is 1.70. The summed E-state index contributed by atoms with van der Waals surface area (Å²) >= 11 is 0. The molecule has 0 fully saturated rings. The average molecular weight is 248 g/mol. The summed E-state index contributed by atoms with van der Waals surface area (Å²) in [6.07, 6.45) is 0. The van der Waals surface area contributed by atoms with Gasteiger partial charge < -0.3 is 14.2 Å². The molecule has 0 aromatic heterocycles. The van der Waals surface area contributed by atoms with E-state index >= 15 is 0 Å². The zero-order chi connectivity index (χ0) is 11.9. The quantitative estimate of drug-likeness (QED) is 0.268. The number of hydrogen-bond acceptors (Lipinski definition) is 5. The van der Waals surface area contributed by atoms with E-state index in [1.807, 2.05) is 0 Å². The van der Waals surface area contributed by atoms with Crippen molar-refractivity contribution < 1.29 is 23.8 Å². The number of carbonyl (C=O) groups excluding carboxylic acids is 2. The monoisotopic (exact) mass is 248 g/mol. The molecule has 6 heteroatoms. The zero-order valence-electron chi connectivity index (χ0n) is 9.66. The van der Waals surface area contributed by atoms with Gasteiger partial charge in [-0.1, -0.05) is 0 Å². The van der Waals surface area contributed by atoms with Gasteiger partial charge in [-0.05, 0) is 20.8 Å². The molecule has 0 atom stereocenters. The molecule has 0 N–H and O–H groups in total. The molecule has 0 aliphatic rings. The highest BCUT2D eigenvalue weighted by molar-refractivity contribution is 6.04. The van der Waals surface area contributed by atoms with Crippen LogP contribution in [0.2, 0.25) is 0 Å². The highest BCUT2D eigenvalue weighted by Gasteiger charge is 2.47. The normalized spacial score (nSPS) is 10.5. The van der Waals surface area contributed by atoms with Gasteiger partial charge in [-0.2, -0.15) is 0 Å². The number of hydrogen-bond donors (Lipinski definition) is 0. The maximum atomic E-state index is 11.6. The van der Waals surface area contributed by atoms with E-state index in [0.717, 1.165) is 0 Å². The van der Waals surface area contributed by atoms with Crippen LogP contribution in [0.25, 0.3) is 0 Å². The van der Waals surface area contributed by atoms with Crippen LogP contribution >= 0.6 is 0 Å². The molecule has 16 heavy (non-hydrogen) atoms. The Kier molecular flexibility index (Phi) is 9.78. The van der Waals surface area contributed by atoms with Crippen LogP contribution in [0.3, 0.4) is 0 Å². The SMILES string of the molecule is CCOC(=O)C(OCC)(OCC)C(C)=O.[AlH3]. The lowest BCUT2D eigenvalue weighted by Gasteiger charge is -2.27. The smallest absolute Gasteiger partial charge is 0.375 e. The van der Waals surface area contributed by atoms with E-state index in [1.54, 1.807) is 20.8 Å². The minimum absolute atomic E-state index is 0. The molecule has 0 aliphatic carbocycles. The molecule has 0 saturated heterocycles. The van der Waals surface area contributed by atoms with Crippen LogP contribution in [0.15, 0.2) is 0 Å². The van der Waals surface area contributed by atoms with Crippen LogP contribution in [0.1, 0.15) is 27.7 Å². The highest BCUT2D eigenvalue weighted by Crippen LogP contribution is 2.17. The Hall–Kier alpha value is -0.408. The molecule has 0 amide bonds. The molecular formula is C10H21AlO5. The first-order valence-electron chi connectivity index (χ1n) is 5.01. The summed E-state index contributed by atoms with van der Waals surface area (Å²) in [6.45, 7) is 6.81. The predicted molar refractivity (Wildman–Crippen MR) is 63.2 cm³/mol. The van der Waals surface area contributed by atoms with E-state index in [0.29, 0.717) is 0 Å². The van der Waals surface area contributed by atoms with Crippen LogP contribution in [-0.4, -0.2) is 54.7 Å². The van der Waals surface area contributed by atoms with Gasteiger partial charge in [0.2, 0.25) is 5.78 Å². The third kappa shape index (κ3) is 4.22. The molecule has 0 unspecified atom stereocenters. The van der Waals surface area contributed by atoms with E-state index in [4.69, 9.17) is 14.2 Å². The van der Waals surface area contributed by atoms with Crippen LogP contribution in [0.5, 0.6) is 0 Å². The van der Waals surface area contributed by atoms with Crippen molar-refractivity contribution in [2.75, 3.05) is 19.8 Å². The van der Waals surface area contributed by atoms with Crippen molar-refractivity contribution in [2.45, 2.75) is 33.5 Å². The molecule has 0 rings (SSSR count). The maximum absolute atomic E-state index is 11.6. The number of esters is 1. The molecular weight excluding hydrogens is 227 g/mol. The van der Waals surface area contributed by atoms with Gasteiger partial charge in [0.15, 0.2) is 17.4 Å². The summed E-state index contributed by atoms with van der Waals surface area (Å²) in [5.74, 6) is -3.19.